The van der Waals surface area contributed by atoms with Gasteiger partial charge in [0.1, 0.15) is 12.4 Å². The minimum absolute atomic E-state index is 0.0332. The zero-order valence-electron chi connectivity index (χ0n) is 10.6. The van der Waals surface area contributed by atoms with Crippen molar-refractivity contribution in [1.29, 1.82) is 0 Å². The van der Waals surface area contributed by atoms with Crippen LogP contribution in [0.1, 0.15) is 58.8 Å². The van der Waals surface area contributed by atoms with E-state index in [4.69, 9.17) is 4.74 Å². The smallest absolute Gasteiger partial charge is 0.155 e. The molecule has 0 bridgehead atoms. The molecule has 0 aliphatic carbocycles. The lowest BCUT2D eigenvalue weighted by molar-refractivity contribution is -0.121. The van der Waals surface area contributed by atoms with Crippen LogP contribution in [0.15, 0.2) is 0 Å². The lowest BCUT2D eigenvalue weighted by atomic mass is 10.1. The van der Waals surface area contributed by atoms with E-state index in [-0.39, 0.29) is 12.4 Å². The van der Waals surface area contributed by atoms with Gasteiger partial charge < -0.3 is 4.74 Å². The maximum absolute atomic E-state index is 11.4. The molecule has 3 nitrogen and oxygen atoms in total. The molecular formula is C13H24O3. The van der Waals surface area contributed by atoms with Crippen LogP contribution in [0.25, 0.3) is 0 Å². The van der Waals surface area contributed by atoms with Crippen molar-refractivity contribution in [2.45, 2.75) is 58.8 Å². The van der Waals surface area contributed by atoms with Crippen molar-refractivity contribution in [3.8, 4) is 0 Å². The van der Waals surface area contributed by atoms with Gasteiger partial charge in [-0.15, -0.1) is 0 Å². The number of rotatable bonds is 11. The number of carbonyl (C=O) groups excluding carboxylic acids is 2. The molecule has 0 amide bonds. The summed E-state index contributed by atoms with van der Waals surface area (Å²) in [7, 11) is 0. The van der Waals surface area contributed by atoms with Crippen molar-refractivity contribution in [3.63, 3.8) is 0 Å². The standard InChI is InChI=1S/C13H24O3/c1-3-4-5-6-8-13(15)9-7-10-16-11-12(2)14/h3-11H2,1-2H3. The average Bonchev–Trinajstić information content (AvgIpc) is 2.23. The molecule has 94 valence electrons. The first-order chi connectivity index (χ1) is 7.66. The Morgan fingerprint density at radius 1 is 1.00 bits per heavy atom. The summed E-state index contributed by atoms with van der Waals surface area (Å²) in [6.07, 6.45) is 6.61. The fourth-order valence-electron chi connectivity index (χ4n) is 1.46. The predicted molar refractivity (Wildman–Crippen MR) is 64.5 cm³/mol. The maximum atomic E-state index is 11.4. The van der Waals surface area contributed by atoms with Crippen molar-refractivity contribution in [2.75, 3.05) is 13.2 Å². The average molecular weight is 228 g/mol. The third kappa shape index (κ3) is 11.4. The van der Waals surface area contributed by atoms with Gasteiger partial charge in [0.25, 0.3) is 0 Å². The van der Waals surface area contributed by atoms with Gasteiger partial charge in [-0.25, -0.2) is 0 Å². The van der Waals surface area contributed by atoms with Crippen LogP contribution in [-0.2, 0) is 14.3 Å². The highest BCUT2D eigenvalue weighted by molar-refractivity contribution is 5.78. The SMILES string of the molecule is CCCCCCC(=O)CCCOCC(C)=O. The Bertz CT molecular complexity index is 199. The van der Waals surface area contributed by atoms with E-state index < -0.39 is 0 Å². The van der Waals surface area contributed by atoms with E-state index >= 15 is 0 Å². The highest BCUT2D eigenvalue weighted by atomic mass is 16.5. The van der Waals surface area contributed by atoms with Crippen LogP contribution in [0.3, 0.4) is 0 Å². The highest BCUT2D eigenvalue weighted by Gasteiger charge is 2.01. The van der Waals surface area contributed by atoms with E-state index in [1.54, 1.807) is 0 Å². The van der Waals surface area contributed by atoms with Gasteiger partial charge in [0.15, 0.2) is 5.78 Å². The second-order valence-electron chi connectivity index (χ2n) is 4.21. The zero-order chi connectivity index (χ0) is 12.2. The predicted octanol–water partition coefficient (Wildman–Crippen LogP) is 2.91. The number of unbranched alkanes of at least 4 members (excludes halogenated alkanes) is 3. The Balaban J connectivity index is 3.20. The molecule has 3 heteroatoms. The van der Waals surface area contributed by atoms with Gasteiger partial charge in [0.2, 0.25) is 0 Å². The van der Waals surface area contributed by atoms with Crippen LogP contribution in [0.5, 0.6) is 0 Å². The van der Waals surface area contributed by atoms with Crippen LogP contribution in [0.2, 0.25) is 0 Å². The van der Waals surface area contributed by atoms with Gasteiger partial charge in [-0.1, -0.05) is 26.2 Å². The lowest BCUT2D eigenvalue weighted by Crippen LogP contribution is -2.06. The molecule has 0 spiro atoms. The van der Waals surface area contributed by atoms with Crippen LogP contribution >= 0.6 is 0 Å². The molecule has 0 aliphatic heterocycles. The molecule has 0 atom stereocenters. The second kappa shape index (κ2) is 10.8. The summed E-state index contributed by atoms with van der Waals surface area (Å²) in [5.41, 5.74) is 0. The fourth-order valence-corrected chi connectivity index (χ4v) is 1.46. The molecule has 0 heterocycles. The molecule has 0 aromatic heterocycles. The molecule has 0 radical (unpaired) electrons. The van der Waals surface area contributed by atoms with Gasteiger partial charge in [0, 0.05) is 19.4 Å². The van der Waals surface area contributed by atoms with Gasteiger partial charge in [-0.3, -0.25) is 9.59 Å². The van der Waals surface area contributed by atoms with E-state index in [2.05, 4.69) is 6.92 Å². The molecule has 0 fully saturated rings. The van der Waals surface area contributed by atoms with Crippen LogP contribution < -0.4 is 0 Å². The van der Waals surface area contributed by atoms with Crippen molar-refractivity contribution in [1.82, 2.24) is 0 Å². The van der Waals surface area contributed by atoms with Crippen molar-refractivity contribution in [2.24, 2.45) is 0 Å². The maximum Gasteiger partial charge on any atom is 0.155 e. The van der Waals surface area contributed by atoms with Crippen molar-refractivity contribution in [3.05, 3.63) is 0 Å². The molecular weight excluding hydrogens is 204 g/mol. The second-order valence-corrected chi connectivity index (χ2v) is 4.21. The Labute approximate surface area is 98.6 Å². The quantitative estimate of drug-likeness (QED) is 0.511. The third-order valence-corrected chi connectivity index (χ3v) is 2.36. The number of Topliss-reactive ketones (excluding diaryl/α,β-unsaturated/α-hetero) is 2. The summed E-state index contributed by atoms with van der Waals surface area (Å²) in [5, 5.41) is 0. The highest BCUT2D eigenvalue weighted by Crippen LogP contribution is 2.05. The summed E-state index contributed by atoms with van der Waals surface area (Å²) >= 11 is 0. The van der Waals surface area contributed by atoms with Crippen LogP contribution in [0, 0.1) is 0 Å². The van der Waals surface area contributed by atoms with E-state index in [1.165, 1.54) is 19.8 Å². The summed E-state index contributed by atoms with van der Waals surface area (Å²) in [5.74, 6) is 0.355. The Hall–Kier alpha value is -0.700. The number of hydrogen-bond acceptors (Lipinski definition) is 3. The molecule has 0 unspecified atom stereocenters. The van der Waals surface area contributed by atoms with Crippen molar-refractivity contribution >= 4 is 11.6 Å². The fraction of sp³-hybridized carbons (Fsp3) is 0.846. The first-order valence-electron chi connectivity index (χ1n) is 6.25. The van der Waals surface area contributed by atoms with Gasteiger partial charge in [-0.05, 0) is 19.8 Å². The minimum Gasteiger partial charge on any atom is -0.374 e. The Kier molecular flexibility index (Phi) is 10.3. The molecule has 0 aromatic rings. The minimum atomic E-state index is 0.0332. The first kappa shape index (κ1) is 15.3. The van der Waals surface area contributed by atoms with Gasteiger partial charge in [-0.2, -0.15) is 0 Å². The van der Waals surface area contributed by atoms with E-state index in [1.807, 2.05) is 0 Å². The Morgan fingerprint density at radius 3 is 2.31 bits per heavy atom. The summed E-state index contributed by atoms with van der Waals surface area (Å²) < 4.78 is 5.09. The number of hydrogen-bond donors (Lipinski definition) is 0. The summed E-state index contributed by atoms with van der Waals surface area (Å²) in [4.78, 5) is 21.9. The molecule has 16 heavy (non-hydrogen) atoms. The molecule has 0 saturated heterocycles. The monoisotopic (exact) mass is 228 g/mol. The number of ketones is 2. The Morgan fingerprint density at radius 2 is 1.69 bits per heavy atom. The number of ether oxygens (including phenoxy) is 1. The van der Waals surface area contributed by atoms with E-state index in [0.717, 1.165) is 19.3 Å². The zero-order valence-corrected chi connectivity index (χ0v) is 10.6. The molecule has 0 rings (SSSR count). The molecule has 0 saturated carbocycles. The molecule has 0 aromatic carbocycles. The normalized spacial score (nSPS) is 10.4. The van der Waals surface area contributed by atoms with E-state index in [0.29, 0.717) is 25.2 Å². The largest absolute Gasteiger partial charge is 0.374 e. The lowest BCUT2D eigenvalue weighted by Gasteiger charge is -2.02. The topological polar surface area (TPSA) is 43.4 Å². The molecule has 0 aliphatic rings. The van der Waals surface area contributed by atoms with E-state index in [9.17, 15) is 9.59 Å². The summed E-state index contributed by atoms with van der Waals surface area (Å²) in [6.45, 7) is 4.35. The third-order valence-electron chi connectivity index (χ3n) is 2.36. The van der Waals surface area contributed by atoms with Crippen LogP contribution in [0.4, 0.5) is 0 Å². The summed E-state index contributed by atoms with van der Waals surface area (Å²) in [6, 6.07) is 0. The molecule has 0 N–H and O–H groups in total. The van der Waals surface area contributed by atoms with Crippen molar-refractivity contribution < 1.29 is 14.3 Å². The van der Waals surface area contributed by atoms with Gasteiger partial charge in [0.05, 0.1) is 0 Å². The number of carbonyl (C=O) groups is 2. The first-order valence-corrected chi connectivity index (χ1v) is 6.25. The van der Waals surface area contributed by atoms with Gasteiger partial charge >= 0.3 is 0 Å². The van der Waals surface area contributed by atoms with Crippen LogP contribution in [-0.4, -0.2) is 24.8 Å².